The van der Waals surface area contributed by atoms with Crippen LogP contribution in [0.2, 0.25) is 0 Å². The Balaban J connectivity index is 3.50. The van der Waals surface area contributed by atoms with E-state index in [1.165, 1.54) is 11.5 Å². The van der Waals surface area contributed by atoms with Crippen molar-refractivity contribution in [2.24, 2.45) is 0 Å². The molecule has 0 fully saturated rings. The zero-order chi connectivity index (χ0) is 7.28. The molecule has 9 heavy (non-hydrogen) atoms. The first-order chi connectivity index (χ1) is 4.16. The monoisotopic (exact) mass is 123 g/mol. The average Bonchev–Trinajstić information content (AvgIpc) is 1.63. The third kappa shape index (κ3) is 5.35. The Labute approximate surface area is 58.3 Å². The molecule has 0 spiro atoms. The van der Waals surface area contributed by atoms with Gasteiger partial charge in [-0.3, -0.25) is 0 Å². The van der Waals surface area contributed by atoms with Gasteiger partial charge in [-0.05, 0) is 26.2 Å². The highest BCUT2D eigenvalue weighted by Crippen LogP contribution is 2.11. The van der Waals surface area contributed by atoms with Crippen molar-refractivity contribution in [1.29, 1.82) is 0 Å². The van der Waals surface area contributed by atoms with Crippen LogP contribution in [0.25, 0.3) is 0 Å². The molecule has 0 aromatic heterocycles. The third-order valence-corrected chi connectivity index (χ3v) is 1.03. The normalized spacial score (nSPS) is 11.1. The zero-order valence-electron chi connectivity index (χ0n) is 6.57. The van der Waals surface area contributed by atoms with Gasteiger partial charge < -0.3 is 0 Å². The number of rotatable bonds is 3. The van der Waals surface area contributed by atoms with Crippen molar-refractivity contribution in [3.05, 3.63) is 30.2 Å². The molecule has 0 heteroatoms. The first-order valence-electron chi connectivity index (χ1n) is 3.26. The van der Waals surface area contributed by atoms with E-state index < -0.39 is 0 Å². The SMILES string of the molecule is C=C(C)C[C](C)C=CC. The van der Waals surface area contributed by atoms with Crippen LogP contribution in [0.4, 0.5) is 0 Å². The van der Waals surface area contributed by atoms with Crippen molar-refractivity contribution in [3.8, 4) is 0 Å². The van der Waals surface area contributed by atoms with Crippen molar-refractivity contribution in [1.82, 2.24) is 0 Å². The third-order valence-electron chi connectivity index (χ3n) is 1.03. The van der Waals surface area contributed by atoms with Gasteiger partial charge in [-0.2, -0.15) is 0 Å². The van der Waals surface area contributed by atoms with Gasteiger partial charge in [0.25, 0.3) is 0 Å². The van der Waals surface area contributed by atoms with E-state index in [1.54, 1.807) is 0 Å². The zero-order valence-corrected chi connectivity index (χ0v) is 6.57. The minimum Gasteiger partial charge on any atom is -0.100 e. The predicted molar refractivity (Wildman–Crippen MR) is 43.2 cm³/mol. The Kier molecular flexibility index (Phi) is 4.12. The van der Waals surface area contributed by atoms with E-state index in [4.69, 9.17) is 0 Å². The van der Waals surface area contributed by atoms with Gasteiger partial charge >= 0.3 is 0 Å². The summed E-state index contributed by atoms with van der Waals surface area (Å²) in [7, 11) is 0. The number of hydrogen-bond donors (Lipinski definition) is 0. The maximum absolute atomic E-state index is 3.82. The second-order valence-electron chi connectivity index (χ2n) is 2.48. The van der Waals surface area contributed by atoms with Crippen LogP contribution in [0.1, 0.15) is 27.2 Å². The van der Waals surface area contributed by atoms with Gasteiger partial charge in [-0.15, -0.1) is 6.58 Å². The highest BCUT2D eigenvalue weighted by Gasteiger charge is 1.94. The van der Waals surface area contributed by atoms with Crippen LogP contribution in [0.5, 0.6) is 0 Å². The first-order valence-corrected chi connectivity index (χ1v) is 3.26. The minimum absolute atomic E-state index is 1.03. The standard InChI is InChI=1S/C9H15/c1-5-6-9(4)7-8(2)3/h5-6H,2,7H2,1,3-4H3. The molecule has 0 aliphatic rings. The summed E-state index contributed by atoms with van der Waals surface area (Å²) in [5, 5.41) is 0. The van der Waals surface area contributed by atoms with Crippen molar-refractivity contribution >= 4 is 0 Å². The topological polar surface area (TPSA) is 0 Å². The van der Waals surface area contributed by atoms with Crippen LogP contribution in [0, 0.1) is 5.92 Å². The number of allylic oxidation sites excluding steroid dienone is 3. The summed E-state index contributed by atoms with van der Waals surface area (Å²) in [6.45, 7) is 10.0. The molecule has 0 unspecified atom stereocenters. The molecule has 0 N–H and O–H groups in total. The second kappa shape index (κ2) is 4.37. The fraction of sp³-hybridized carbons (Fsp3) is 0.444. The second-order valence-corrected chi connectivity index (χ2v) is 2.48. The summed E-state index contributed by atoms with van der Waals surface area (Å²) in [6.07, 6.45) is 5.21. The Hall–Kier alpha value is -0.520. The maximum atomic E-state index is 3.82. The molecule has 0 aromatic rings. The van der Waals surface area contributed by atoms with Crippen LogP contribution in [0.3, 0.4) is 0 Å². The molecule has 1 radical (unpaired) electrons. The lowest BCUT2D eigenvalue weighted by molar-refractivity contribution is 1.01. The summed E-state index contributed by atoms with van der Waals surface area (Å²) in [5.74, 6) is 1.38. The van der Waals surface area contributed by atoms with Gasteiger partial charge in [0.05, 0.1) is 0 Å². The van der Waals surface area contributed by atoms with Gasteiger partial charge in [0, 0.05) is 0 Å². The molecule has 0 aliphatic heterocycles. The molecule has 0 bridgehead atoms. The van der Waals surface area contributed by atoms with Crippen LogP contribution >= 0.6 is 0 Å². The Morgan fingerprint density at radius 2 is 2.00 bits per heavy atom. The smallest absolute Gasteiger partial charge is 0.00184 e. The van der Waals surface area contributed by atoms with Crippen LogP contribution < -0.4 is 0 Å². The summed E-state index contributed by atoms with van der Waals surface area (Å²) < 4.78 is 0. The average molecular weight is 123 g/mol. The molecule has 0 heterocycles. The lowest BCUT2D eigenvalue weighted by Gasteiger charge is -2.02. The van der Waals surface area contributed by atoms with Crippen molar-refractivity contribution in [3.63, 3.8) is 0 Å². The van der Waals surface area contributed by atoms with E-state index in [1.807, 2.05) is 13.8 Å². The highest BCUT2D eigenvalue weighted by atomic mass is 14.0. The van der Waals surface area contributed by atoms with Crippen LogP contribution in [-0.2, 0) is 0 Å². The maximum Gasteiger partial charge on any atom is -0.00184 e. The molecule has 0 aliphatic carbocycles. The van der Waals surface area contributed by atoms with E-state index in [0.29, 0.717) is 0 Å². The summed E-state index contributed by atoms with van der Waals surface area (Å²) in [5.41, 5.74) is 1.23. The Morgan fingerprint density at radius 3 is 2.33 bits per heavy atom. The van der Waals surface area contributed by atoms with Gasteiger partial charge in [0.1, 0.15) is 0 Å². The van der Waals surface area contributed by atoms with E-state index in [0.717, 1.165) is 6.42 Å². The molecule has 0 rings (SSSR count). The molecule has 0 nitrogen and oxygen atoms in total. The largest absolute Gasteiger partial charge is 0.100 e. The summed E-state index contributed by atoms with van der Waals surface area (Å²) in [6, 6.07) is 0. The summed E-state index contributed by atoms with van der Waals surface area (Å²) >= 11 is 0. The molecular formula is C9H15. The van der Waals surface area contributed by atoms with Gasteiger partial charge in [-0.1, -0.05) is 24.6 Å². The fourth-order valence-electron chi connectivity index (χ4n) is 0.819. The molecule has 0 saturated heterocycles. The quantitative estimate of drug-likeness (QED) is 0.506. The molecule has 0 amide bonds. The molecule has 0 aromatic carbocycles. The molecule has 0 saturated carbocycles. The lowest BCUT2D eigenvalue weighted by atomic mass is 10.0. The van der Waals surface area contributed by atoms with Crippen LogP contribution in [0.15, 0.2) is 24.3 Å². The van der Waals surface area contributed by atoms with Crippen molar-refractivity contribution < 1.29 is 0 Å². The van der Waals surface area contributed by atoms with E-state index in [-0.39, 0.29) is 0 Å². The number of hydrogen-bond acceptors (Lipinski definition) is 0. The fourth-order valence-corrected chi connectivity index (χ4v) is 0.819. The highest BCUT2D eigenvalue weighted by molar-refractivity contribution is 5.12. The van der Waals surface area contributed by atoms with Gasteiger partial charge in [0.2, 0.25) is 0 Å². The Bertz CT molecular complexity index is 109. The summed E-state index contributed by atoms with van der Waals surface area (Å²) in [4.78, 5) is 0. The van der Waals surface area contributed by atoms with E-state index >= 15 is 0 Å². The molecule has 51 valence electrons. The van der Waals surface area contributed by atoms with E-state index in [9.17, 15) is 0 Å². The minimum atomic E-state index is 1.03. The van der Waals surface area contributed by atoms with Crippen LogP contribution in [-0.4, -0.2) is 0 Å². The molecular weight excluding hydrogens is 108 g/mol. The van der Waals surface area contributed by atoms with Gasteiger partial charge in [0.15, 0.2) is 0 Å². The van der Waals surface area contributed by atoms with Gasteiger partial charge in [-0.25, -0.2) is 0 Å². The van der Waals surface area contributed by atoms with Crippen molar-refractivity contribution in [2.45, 2.75) is 27.2 Å². The Morgan fingerprint density at radius 1 is 1.44 bits per heavy atom. The molecule has 0 atom stereocenters. The predicted octanol–water partition coefficient (Wildman–Crippen LogP) is 3.12. The lowest BCUT2D eigenvalue weighted by Crippen LogP contribution is -1.85. The first kappa shape index (κ1) is 8.48. The van der Waals surface area contributed by atoms with Crippen molar-refractivity contribution in [2.75, 3.05) is 0 Å². The van der Waals surface area contributed by atoms with E-state index in [2.05, 4.69) is 25.7 Å².